The topological polar surface area (TPSA) is 149 Å². The molecule has 0 saturated carbocycles. The molecule has 0 aromatic heterocycles. The fourth-order valence-electron chi connectivity index (χ4n) is 4.13. The SMILES string of the molecule is [C-]#[N+]c1cc(Cl)cc(Oc2c(N)ccc(CC(=O)OCC)c2F)c1.[C-]#[N+]c1cc(Cl)cc(Oc2c([N+](=O)[O-])ccc(CC(=O)OCC)c2F)c1. The van der Waals surface area contributed by atoms with E-state index < -0.39 is 46.4 Å². The number of hydrogen-bond donors (Lipinski definition) is 1. The number of hydrogen-bond acceptors (Lipinski definition) is 9. The monoisotopic (exact) mass is 726 g/mol. The van der Waals surface area contributed by atoms with Crippen molar-refractivity contribution in [3.8, 4) is 23.0 Å². The molecule has 0 radical (unpaired) electrons. The first-order valence-corrected chi connectivity index (χ1v) is 15.1. The molecule has 0 atom stereocenters. The van der Waals surface area contributed by atoms with Crippen LogP contribution in [0, 0.1) is 34.9 Å². The summed E-state index contributed by atoms with van der Waals surface area (Å²) in [5.74, 6) is -3.81. The van der Waals surface area contributed by atoms with E-state index in [0.717, 1.165) is 12.1 Å². The van der Waals surface area contributed by atoms with E-state index in [9.17, 15) is 28.5 Å². The van der Waals surface area contributed by atoms with Crippen molar-refractivity contribution >= 4 is 57.9 Å². The normalized spacial score (nSPS) is 10.1. The Morgan fingerprint density at radius 3 is 1.66 bits per heavy atom. The van der Waals surface area contributed by atoms with Crippen LogP contribution in [0.5, 0.6) is 23.0 Å². The zero-order valence-electron chi connectivity index (χ0n) is 26.3. The predicted octanol–water partition coefficient (Wildman–Crippen LogP) is 9.35. The number of carbonyl (C=O) groups excluding carboxylic acids is 2. The average Bonchev–Trinajstić information content (AvgIpc) is 3.06. The molecular formula is C34H26Cl2F2N4O8. The standard InChI is InChI=1S/C17H12ClFN2O5.C17H14ClFN2O3/c1-3-25-15(22)6-10-4-5-14(21(23)24)17(16(10)19)26-13-8-11(18)7-12(9-13)20-2;1-3-23-15(22)6-10-4-5-14(20)17(16(10)19)24-13-8-11(18)7-12(9-13)21-2/h4-5,7-9H,3,6H2,1H3;4-5,7-9H,3,6,20H2,1H3. The lowest BCUT2D eigenvalue weighted by Gasteiger charge is -2.13. The largest absolute Gasteiger partial charge is 0.466 e. The van der Waals surface area contributed by atoms with Crippen LogP contribution < -0.4 is 15.2 Å². The molecule has 0 aliphatic rings. The minimum Gasteiger partial charge on any atom is -0.466 e. The van der Waals surface area contributed by atoms with Crippen molar-refractivity contribution in [1.29, 1.82) is 0 Å². The number of ether oxygens (including phenoxy) is 4. The zero-order chi connectivity index (χ0) is 37.0. The molecule has 0 unspecified atom stereocenters. The summed E-state index contributed by atoms with van der Waals surface area (Å²) < 4.78 is 49.7. The number of nitro groups is 1. The van der Waals surface area contributed by atoms with Gasteiger partial charge in [-0.05, 0) is 62.4 Å². The second kappa shape index (κ2) is 18.0. The number of benzene rings is 4. The van der Waals surface area contributed by atoms with Crippen LogP contribution in [0.2, 0.25) is 10.0 Å². The van der Waals surface area contributed by atoms with Crippen molar-refractivity contribution in [2.24, 2.45) is 0 Å². The lowest BCUT2D eigenvalue weighted by Crippen LogP contribution is -2.10. The molecule has 50 heavy (non-hydrogen) atoms. The first kappa shape index (κ1) is 38.5. The smallest absolute Gasteiger partial charge is 0.314 e. The van der Waals surface area contributed by atoms with E-state index in [0.29, 0.717) is 0 Å². The Morgan fingerprint density at radius 1 is 0.780 bits per heavy atom. The van der Waals surface area contributed by atoms with Gasteiger partial charge in [0.2, 0.25) is 5.75 Å². The summed E-state index contributed by atoms with van der Waals surface area (Å²) in [5.41, 5.74) is 5.56. The first-order chi connectivity index (χ1) is 23.8. The molecule has 0 saturated heterocycles. The van der Waals surface area contributed by atoms with Gasteiger partial charge in [0, 0.05) is 27.2 Å². The van der Waals surface area contributed by atoms with Crippen molar-refractivity contribution in [3.63, 3.8) is 0 Å². The van der Waals surface area contributed by atoms with Gasteiger partial charge in [-0.1, -0.05) is 29.3 Å². The number of nitrogen functional groups attached to an aromatic ring is 1. The fourth-order valence-corrected chi connectivity index (χ4v) is 4.57. The van der Waals surface area contributed by atoms with Crippen molar-refractivity contribution in [1.82, 2.24) is 0 Å². The van der Waals surface area contributed by atoms with Crippen LogP contribution in [-0.2, 0) is 31.9 Å². The summed E-state index contributed by atoms with van der Waals surface area (Å²) in [6, 6.07) is 13.2. The van der Waals surface area contributed by atoms with E-state index in [1.54, 1.807) is 13.8 Å². The maximum Gasteiger partial charge on any atom is 0.314 e. The highest BCUT2D eigenvalue weighted by Crippen LogP contribution is 2.38. The number of rotatable bonds is 11. The molecule has 0 amide bonds. The number of nitro benzene ring substituents is 1. The Labute approximate surface area is 294 Å². The number of halogens is 4. The molecule has 0 aliphatic heterocycles. The molecular weight excluding hydrogens is 701 g/mol. The number of carbonyl (C=O) groups is 2. The van der Waals surface area contributed by atoms with Crippen molar-refractivity contribution in [2.45, 2.75) is 26.7 Å². The minimum atomic E-state index is -1.06. The minimum absolute atomic E-state index is 0.0428. The Morgan fingerprint density at radius 2 is 1.22 bits per heavy atom. The van der Waals surface area contributed by atoms with E-state index >= 15 is 0 Å². The molecule has 0 bridgehead atoms. The Hall–Kier alpha value is -5.96. The predicted molar refractivity (Wildman–Crippen MR) is 180 cm³/mol. The van der Waals surface area contributed by atoms with Crippen LogP contribution in [-0.4, -0.2) is 30.1 Å². The number of esters is 2. The van der Waals surface area contributed by atoms with Crippen LogP contribution in [0.3, 0.4) is 0 Å². The molecule has 0 fully saturated rings. The van der Waals surface area contributed by atoms with Crippen molar-refractivity contribution < 1.29 is 42.2 Å². The quantitative estimate of drug-likeness (QED) is 0.0524. The summed E-state index contributed by atoms with van der Waals surface area (Å²) in [7, 11) is 0. The summed E-state index contributed by atoms with van der Waals surface area (Å²) >= 11 is 11.8. The van der Waals surface area contributed by atoms with Gasteiger partial charge in [0.15, 0.2) is 28.8 Å². The van der Waals surface area contributed by atoms with Crippen LogP contribution in [0.4, 0.5) is 31.5 Å². The van der Waals surface area contributed by atoms with Crippen LogP contribution in [0.1, 0.15) is 25.0 Å². The van der Waals surface area contributed by atoms with E-state index in [-0.39, 0.29) is 75.1 Å². The van der Waals surface area contributed by atoms with Gasteiger partial charge in [-0.15, -0.1) is 0 Å². The van der Waals surface area contributed by atoms with Crippen LogP contribution in [0.15, 0.2) is 60.7 Å². The summed E-state index contributed by atoms with van der Waals surface area (Å²) in [5, 5.41) is 11.6. The van der Waals surface area contributed by atoms with Gasteiger partial charge in [-0.2, -0.15) is 0 Å². The van der Waals surface area contributed by atoms with Gasteiger partial charge in [0.25, 0.3) is 0 Å². The molecule has 2 N–H and O–H groups in total. The summed E-state index contributed by atoms with van der Waals surface area (Å²) in [6.07, 6.45) is -0.643. The van der Waals surface area contributed by atoms with Crippen LogP contribution >= 0.6 is 23.2 Å². The number of nitrogens with zero attached hydrogens (tertiary/aromatic N) is 3. The maximum atomic E-state index is 14.7. The average molecular weight is 728 g/mol. The zero-order valence-corrected chi connectivity index (χ0v) is 27.8. The van der Waals surface area contributed by atoms with Crippen LogP contribution in [0.25, 0.3) is 9.69 Å². The van der Waals surface area contributed by atoms with Gasteiger partial charge in [-0.3, -0.25) is 19.7 Å². The molecule has 16 heteroatoms. The van der Waals surface area contributed by atoms with Gasteiger partial charge in [0.1, 0.15) is 11.5 Å². The highest BCUT2D eigenvalue weighted by Gasteiger charge is 2.25. The van der Waals surface area contributed by atoms with E-state index in [4.69, 9.17) is 61.0 Å². The Balaban J connectivity index is 0.000000271. The maximum absolute atomic E-state index is 14.7. The third-order valence-electron chi connectivity index (χ3n) is 6.25. The van der Waals surface area contributed by atoms with Gasteiger partial charge < -0.3 is 24.7 Å². The van der Waals surface area contributed by atoms with Crippen molar-refractivity contribution in [2.75, 3.05) is 18.9 Å². The lowest BCUT2D eigenvalue weighted by atomic mass is 10.1. The third-order valence-corrected chi connectivity index (χ3v) is 6.69. The second-order valence-corrected chi connectivity index (χ2v) is 10.7. The Kier molecular flexibility index (Phi) is 13.8. The molecule has 258 valence electrons. The van der Waals surface area contributed by atoms with E-state index in [2.05, 4.69) is 9.69 Å². The van der Waals surface area contributed by atoms with E-state index in [1.165, 1.54) is 48.5 Å². The molecule has 4 aromatic rings. The molecule has 4 rings (SSSR count). The molecule has 0 spiro atoms. The van der Waals surface area contributed by atoms with Gasteiger partial charge in [-0.25, -0.2) is 18.5 Å². The van der Waals surface area contributed by atoms with Gasteiger partial charge in [0.05, 0.1) is 49.8 Å². The second-order valence-electron chi connectivity index (χ2n) is 9.78. The third kappa shape index (κ3) is 10.5. The first-order valence-electron chi connectivity index (χ1n) is 14.4. The molecule has 4 aromatic carbocycles. The molecule has 0 aliphatic carbocycles. The van der Waals surface area contributed by atoms with Gasteiger partial charge >= 0.3 is 17.6 Å². The summed E-state index contributed by atoms with van der Waals surface area (Å²) in [4.78, 5) is 39.9. The Bertz CT molecular complexity index is 2010. The van der Waals surface area contributed by atoms with Crippen molar-refractivity contribution in [3.05, 3.63) is 126 Å². The highest BCUT2D eigenvalue weighted by molar-refractivity contribution is 6.31. The number of anilines is 1. The number of nitrogens with two attached hydrogens (primary N) is 1. The molecule has 0 heterocycles. The fraction of sp³-hybridized carbons (Fsp3) is 0.176. The summed E-state index contributed by atoms with van der Waals surface area (Å²) in [6.45, 7) is 17.6. The van der Waals surface area contributed by atoms with E-state index in [1.807, 2.05) is 0 Å². The highest BCUT2D eigenvalue weighted by atomic mass is 35.5. The molecule has 12 nitrogen and oxygen atoms in total. The lowest BCUT2D eigenvalue weighted by molar-refractivity contribution is -0.385.